The van der Waals surface area contributed by atoms with Gasteiger partial charge in [0.25, 0.3) is 0 Å². The largest absolute Gasteiger partial charge is 0.508 e. The molecule has 3 nitrogen and oxygen atoms in total. The molecule has 0 radical (unpaired) electrons. The number of phenols is 2. The van der Waals surface area contributed by atoms with Gasteiger partial charge in [0.2, 0.25) is 0 Å². The van der Waals surface area contributed by atoms with Crippen molar-refractivity contribution in [3.63, 3.8) is 0 Å². The maximum atomic E-state index is 12.2. The monoisotopic (exact) mass is 242 g/mol. The zero-order chi connectivity index (χ0) is 13.1. The Labute approximate surface area is 105 Å². The maximum absolute atomic E-state index is 12.2. The van der Waals surface area contributed by atoms with E-state index in [1.165, 1.54) is 6.07 Å². The fourth-order valence-electron chi connectivity index (χ4n) is 1.83. The van der Waals surface area contributed by atoms with E-state index in [9.17, 15) is 15.0 Å². The lowest BCUT2D eigenvalue weighted by molar-refractivity contribution is 0.0963. The van der Waals surface area contributed by atoms with Crippen molar-refractivity contribution in [2.45, 2.75) is 12.8 Å². The van der Waals surface area contributed by atoms with Gasteiger partial charge >= 0.3 is 0 Å². The zero-order valence-electron chi connectivity index (χ0n) is 10.00. The highest BCUT2D eigenvalue weighted by atomic mass is 16.3. The molecule has 1 unspecified atom stereocenters. The Morgan fingerprint density at radius 2 is 1.61 bits per heavy atom. The molecule has 0 saturated carbocycles. The number of Topliss-reactive ketones (excluding diaryl/α,β-unsaturated/α-hetero) is 1. The van der Waals surface area contributed by atoms with E-state index in [2.05, 4.69) is 0 Å². The number of aromatic hydroxyl groups is 2. The third kappa shape index (κ3) is 2.35. The van der Waals surface area contributed by atoms with Crippen LogP contribution in [-0.2, 0) is 0 Å². The first kappa shape index (κ1) is 12.2. The van der Waals surface area contributed by atoms with Crippen LogP contribution in [0.3, 0.4) is 0 Å². The Kier molecular flexibility index (Phi) is 3.33. The molecule has 92 valence electrons. The molecule has 0 amide bonds. The van der Waals surface area contributed by atoms with E-state index in [1.54, 1.807) is 49.4 Å². The van der Waals surface area contributed by atoms with Crippen molar-refractivity contribution in [1.82, 2.24) is 0 Å². The number of ketones is 1. The summed E-state index contributed by atoms with van der Waals surface area (Å²) in [6.45, 7) is 1.78. The van der Waals surface area contributed by atoms with E-state index in [1.807, 2.05) is 0 Å². The zero-order valence-corrected chi connectivity index (χ0v) is 10.00. The molecule has 0 aromatic heterocycles. The second kappa shape index (κ2) is 4.92. The van der Waals surface area contributed by atoms with E-state index in [0.717, 1.165) is 5.56 Å². The lowest BCUT2D eigenvalue weighted by atomic mass is 9.92. The first-order chi connectivity index (χ1) is 8.59. The van der Waals surface area contributed by atoms with Gasteiger partial charge in [-0.05, 0) is 29.8 Å². The summed E-state index contributed by atoms with van der Waals surface area (Å²) >= 11 is 0. The highest BCUT2D eigenvalue weighted by Crippen LogP contribution is 2.26. The third-order valence-electron chi connectivity index (χ3n) is 2.96. The van der Waals surface area contributed by atoms with Gasteiger partial charge in [0.1, 0.15) is 11.5 Å². The van der Waals surface area contributed by atoms with Crippen molar-refractivity contribution in [3.8, 4) is 11.5 Å². The average Bonchev–Trinajstić information content (AvgIpc) is 2.38. The molecule has 0 bridgehead atoms. The topological polar surface area (TPSA) is 57.5 Å². The van der Waals surface area contributed by atoms with Gasteiger partial charge in [-0.25, -0.2) is 0 Å². The fraction of sp³-hybridized carbons (Fsp3) is 0.133. The van der Waals surface area contributed by atoms with Crippen molar-refractivity contribution >= 4 is 5.78 Å². The Hall–Kier alpha value is -2.29. The molecule has 2 aromatic rings. The Morgan fingerprint density at radius 1 is 1.00 bits per heavy atom. The molecule has 3 heteroatoms. The third-order valence-corrected chi connectivity index (χ3v) is 2.96. The van der Waals surface area contributed by atoms with Crippen molar-refractivity contribution < 1.29 is 15.0 Å². The highest BCUT2D eigenvalue weighted by molar-refractivity contribution is 6.02. The number of hydrogen-bond donors (Lipinski definition) is 2. The van der Waals surface area contributed by atoms with E-state index in [-0.39, 0.29) is 23.2 Å². The summed E-state index contributed by atoms with van der Waals surface area (Å²) in [5.41, 5.74) is 1.12. The molecule has 2 rings (SSSR count). The van der Waals surface area contributed by atoms with Crippen LogP contribution < -0.4 is 0 Å². The molecule has 0 saturated heterocycles. The predicted octanol–water partition coefficient (Wildman–Crippen LogP) is 3.08. The fourth-order valence-corrected chi connectivity index (χ4v) is 1.83. The van der Waals surface area contributed by atoms with Crippen LogP contribution in [0.25, 0.3) is 0 Å². The number of rotatable bonds is 3. The molecule has 0 fully saturated rings. The number of carbonyl (C=O) groups excluding carboxylic acids is 1. The molecule has 0 aliphatic heterocycles. The van der Waals surface area contributed by atoms with Crippen LogP contribution in [0, 0.1) is 0 Å². The van der Waals surface area contributed by atoms with Crippen LogP contribution in [0.5, 0.6) is 11.5 Å². The van der Waals surface area contributed by atoms with Crippen molar-refractivity contribution in [3.05, 3.63) is 59.7 Å². The first-order valence-electron chi connectivity index (χ1n) is 5.70. The Balaban J connectivity index is 2.29. The summed E-state index contributed by atoms with van der Waals surface area (Å²) in [4.78, 5) is 12.2. The summed E-state index contributed by atoms with van der Waals surface area (Å²) in [5.74, 6) is -0.341. The normalized spacial score (nSPS) is 12.1. The van der Waals surface area contributed by atoms with Crippen molar-refractivity contribution in [2.24, 2.45) is 0 Å². The minimum atomic E-state index is -0.362. The molecular weight excluding hydrogens is 228 g/mol. The maximum Gasteiger partial charge on any atom is 0.173 e. The Bertz CT molecular complexity index is 558. The molecule has 0 aliphatic rings. The predicted molar refractivity (Wildman–Crippen MR) is 69.0 cm³/mol. The van der Waals surface area contributed by atoms with Crippen LogP contribution in [-0.4, -0.2) is 16.0 Å². The van der Waals surface area contributed by atoms with E-state index in [0.29, 0.717) is 5.56 Å². The number of hydrogen-bond acceptors (Lipinski definition) is 3. The van der Waals surface area contributed by atoms with Crippen molar-refractivity contribution in [2.75, 3.05) is 0 Å². The van der Waals surface area contributed by atoms with Gasteiger partial charge in [-0.3, -0.25) is 4.79 Å². The molecule has 0 aliphatic carbocycles. The van der Waals surface area contributed by atoms with Crippen LogP contribution >= 0.6 is 0 Å². The second-order valence-corrected chi connectivity index (χ2v) is 4.19. The molecule has 0 spiro atoms. The van der Waals surface area contributed by atoms with Gasteiger partial charge in [-0.15, -0.1) is 0 Å². The van der Waals surface area contributed by atoms with Gasteiger partial charge in [0.15, 0.2) is 5.78 Å². The van der Waals surface area contributed by atoms with Crippen molar-refractivity contribution in [1.29, 1.82) is 0 Å². The molecule has 2 N–H and O–H groups in total. The van der Waals surface area contributed by atoms with Gasteiger partial charge in [0.05, 0.1) is 5.56 Å². The van der Waals surface area contributed by atoms with Gasteiger partial charge in [0, 0.05) is 5.92 Å². The quantitative estimate of drug-likeness (QED) is 0.813. The van der Waals surface area contributed by atoms with E-state index in [4.69, 9.17) is 0 Å². The standard InChI is InChI=1S/C15H14O3/c1-10(11-6-8-12(16)9-7-11)15(18)13-4-2-3-5-14(13)17/h2-10,16-17H,1H3. The second-order valence-electron chi connectivity index (χ2n) is 4.19. The minimum absolute atomic E-state index is 0.00636. The lowest BCUT2D eigenvalue weighted by Crippen LogP contribution is -2.09. The highest BCUT2D eigenvalue weighted by Gasteiger charge is 2.19. The van der Waals surface area contributed by atoms with Crippen LogP contribution in [0.2, 0.25) is 0 Å². The molecule has 0 heterocycles. The van der Waals surface area contributed by atoms with Gasteiger partial charge < -0.3 is 10.2 Å². The summed E-state index contributed by atoms with van der Waals surface area (Å²) in [6.07, 6.45) is 0. The summed E-state index contributed by atoms with van der Waals surface area (Å²) < 4.78 is 0. The number of carbonyl (C=O) groups is 1. The molecule has 18 heavy (non-hydrogen) atoms. The smallest absolute Gasteiger partial charge is 0.173 e. The average molecular weight is 242 g/mol. The van der Waals surface area contributed by atoms with Crippen LogP contribution in [0.1, 0.15) is 28.8 Å². The Morgan fingerprint density at radius 3 is 2.22 bits per heavy atom. The minimum Gasteiger partial charge on any atom is -0.508 e. The lowest BCUT2D eigenvalue weighted by Gasteiger charge is -2.12. The molecule has 2 aromatic carbocycles. The van der Waals surface area contributed by atoms with Crippen LogP contribution in [0.4, 0.5) is 0 Å². The summed E-state index contributed by atoms with van der Waals surface area (Å²) in [6, 6.07) is 13.0. The molecule has 1 atom stereocenters. The number of phenolic OH excluding ortho intramolecular Hbond substituents is 2. The SMILES string of the molecule is CC(C(=O)c1ccccc1O)c1ccc(O)cc1. The number of benzene rings is 2. The number of para-hydroxylation sites is 1. The van der Waals surface area contributed by atoms with E-state index < -0.39 is 0 Å². The van der Waals surface area contributed by atoms with E-state index >= 15 is 0 Å². The van der Waals surface area contributed by atoms with Gasteiger partial charge in [-0.2, -0.15) is 0 Å². The molecular formula is C15H14O3. The first-order valence-corrected chi connectivity index (χ1v) is 5.70. The summed E-state index contributed by atoms with van der Waals surface area (Å²) in [5, 5.41) is 18.9. The van der Waals surface area contributed by atoms with Crippen LogP contribution in [0.15, 0.2) is 48.5 Å². The summed E-state index contributed by atoms with van der Waals surface area (Å²) in [7, 11) is 0. The van der Waals surface area contributed by atoms with Gasteiger partial charge in [-0.1, -0.05) is 31.2 Å².